The topological polar surface area (TPSA) is 26.8 Å². The lowest BCUT2D eigenvalue weighted by atomic mass is 9.86. The molecule has 0 aromatic rings. The molecular weight excluding hydrogens is 293 g/mol. The highest BCUT2D eigenvalue weighted by Crippen LogP contribution is 2.35. The van der Waals surface area contributed by atoms with Gasteiger partial charge in [-0.2, -0.15) is 0 Å². The van der Waals surface area contributed by atoms with Crippen molar-refractivity contribution < 1.29 is 9.18 Å². The molecular formula is C18H32FN3O. The minimum atomic E-state index is -0.205. The summed E-state index contributed by atoms with van der Waals surface area (Å²) in [6, 6.07) is 0. The van der Waals surface area contributed by atoms with E-state index in [1.165, 1.54) is 12.8 Å². The molecule has 5 heteroatoms. The number of carbonyl (C=O) groups is 1. The third kappa shape index (κ3) is 4.24. The van der Waals surface area contributed by atoms with E-state index in [4.69, 9.17) is 0 Å². The van der Waals surface area contributed by atoms with Gasteiger partial charge in [-0.25, -0.2) is 0 Å². The van der Waals surface area contributed by atoms with Crippen LogP contribution in [0.25, 0.3) is 0 Å². The van der Waals surface area contributed by atoms with Gasteiger partial charge in [-0.1, -0.05) is 0 Å². The Morgan fingerprint density at radius 3 is 2.74 bits per heavy atom. The summed E-state index contributed by atoms with van der Waals surface area (Å²) in [6.07, 6.45) is 6.98. The monoisotopic (exact) mass is 325 g/mol. The van der Waals surface area contributed by atoms with Gasteiger partial charge in [0.15, 0.2) is 0 Å². The highest BCUT2D eigenvalue weighted by molar-refractivity contribution is 5.76. The summed E-state index contributed by atoms with van der Waals surface area (Å²) in [7, 11) is 2.22. The molecule has 1 saturated carbocycles. The van der Waals surface area contributed by atoms with E-state index < -0.39 is 0 Å². The molecule has 0 bridgehead atoms. The van der Waals surface area contributed by atoms with Gasteiger partial charge in [-0.15, -0.1) is 0 Å². The summed E-state index contributed by atoms with van der Waals surface area (Å²) >= 11 is 0. The van der Waals surface area contributed by atoms with Crippen LogP contribution in [0, 0.1) is 5.92 Å². The van der Waals surface area contributed by atoms with Crippen molar-refractivity contribution in [3.05, 3.63) is 0 Å². The maximum Gasteiger partial charge on any atom is 0.222 e. The first kappa shape index (κ1) is 17.2. The summed E-state index contributed by atoms with van der Waals surface area (Å²) in [5.41, 5.74) is 0.141. The van der Waals surface area contributed by atoms with Crippen LogP contribution >= 0.6 is 0 Å². The van der Waals surface area contributed by atoms with E-state index in [1.807, 2.05) is 0 Å². The van der Waals surface area contributed by atoms with Crippen LogP contribution in [0.2, 0.25) is 0 Å². The van der Waals surface area contributed by atoms with Crippen molar-refractivity contribution >= 4 is 5.91 Å². The SMILES string of the molecule is CN1CCN(CCCCF)C[C@]12CCC(=O)N(CC1CC1)CC2. The Kier molecular flexibility index (Phi) is 5.57. The molecule has 1 atom stereocenters. The number of hydrogen-bond acceptors (Lipinski definition) is 3. The van der Waals surface area contributed by atoms with Crippen molar-refractivity contribution in [2.24, 2.45) is 5.92 Å². The first-order valence-electron chi connectivity index (χ1n) is 9.40. The predicted octanol–water partition coefficient (Wildman–Crippen LogP) is 2.14. The lowest BCUT2D eigenvalue weighted by Gasteiger charge is -2.49. The van der Waals surface area contributed by atoms with Crippen LogP contribution in [0.3, 0.4) is 0 Å². The molecule has 0 aromatic carbocycles. The van der Waals surface area contributed by atoms with Crippen LogP contribution < -0.4 is 0 Å². The molecule has 2 heterocycles. The quantitative estimate of drug-likeness (QED) is 0.700. The number of alkyl halides is 1. The molecule has 1 spiro atoms. The molecule has 3 aliphatic rings. The smallest absolute Gasteiger partial charge is 0.222 e. The van der Waals surface area contributed by atoms with Gasteiger partial charge in [0.25, 0.3) is 0 Å². The molecule has 0 radical (unpaired) electrons. The number of carbonyl (C=O) groups excluding carboxylic acids is 1. The van der Waals surface area contributed by atoms with Crippen LogP contribution in [-0.4, -0.2) is 79.1 Å². The first-order valence-corrected chi connectivity index (χ1v) is 9.40. The Bertz CT molecular complexity index is 415. The second-order valence-electron chi connectivity index (χ2n) is 7.85. The maximum atomic E-state index is 12.5. The van der Waals surface area contributed by atoms with E-state index >= 15 is 0 Å². The van der Waals surface area contributed by atoms with Crippen molar-refractivity contribution in [2.45, 2.75) is 50.5 Å². The van der Waals surface area contributed by atoms with E-state index in [9.17, 15) is 9.18 Å². The zero-order chi connectivity index (χ0) is 16.3. The summed E-state index contributed by atoms with van der Waals surface area (Å²) in [6.45, 7) is 5.87. The third-order valence-corrected chi connectivity index (χ3v) is 6.12. The van der Waals surface area contributed by atoms with Crippen molar-refractivity contribution in [3.8, 4) is 0 Å². The van der Waals surface area contributed by atoms with E-state index in [1.54, 1.807) is 0 Å². The number of halogens is 1. The van der Waals surface area contributed by atoms with Crippen molar-refractivity contribution in [3.63, 3.8) is 0 Å². The lowest BCUT2D eigenvalue weighted by molar-refractivity contribution is -0.131. The minimum absolute atomic E-state index is 0.141. The lowest BCUT2D eigenvalue weighted by Crippen LogP contribution is -2.61. The van der Waals surface area contributed by atoms with Crippen molar-refractivity contribution in [2.75, 3.05) is 53.0 Å². The van der Waals surface area contributed by atoms with Crippen molar-refractivity contribution in [1.29, 1.82) is 0 Å². The Morgan fingerprint density at radius 1 is 1.17 bits per heavy atom. The number of nitrogens with zero attached hydrogens (tertiary/aromatic N) is 3. The average molecular weight is 325 g/mol. The summed E-state index contributed by atoms with van der Waals surface area (Å²) in [5.74, 6) is 1.13. The highest BCUT2D eigenvalue weighted by atomic mass is 19.1. The molecule has 4 nitrogen and oxygen atoms in total. The zero-order valence-corrected chi connectivity index (χ0v) is 14.6. The molecule has 3 fully saturated rings. The molecule has 23 heavy (non-hydrogen) atoms. The largest absolute Gasteiger partial charge is 0.342 e. The Labute approximate surface area is 140 Å². The standard InChI is InChI=1S/C18H32FN3O/c1-20-12-13-21(10-3-2-9-19)15-18(20)7-6-17(23)22(11-8-18)14-16-4-5-16/h16H,2-15H2,1H3/t18-/m1/s1. The van der Waals surface area contributed by atoms with Gasteiger partial charge in [-0.05, 0) is 58.0 Å². The zero-order valence-electron chi connectivity index (χ0n) is 14.6. The molecule has 2 aliphatic heterocycles. The van der Waals surface area contributed by atoms with Crippen LogP contribution in [0.15, 0.2) is 0 Å². The van der Waals surface area contributed by atoms with Crippen molar-refractivity contribution in [1.82, 2.24) is 14.7 Å². The molecule has 0 N–H and O–H groups in total. The number of amides is 1. The Morgan fingerprint density at radius 2 is 2.00 bits per heavy atom. The number of unbranched alkanes of at least 4 members (excludes halogenated alkanes) is 1. The normalized spacial score (nSPS) is 30.9. The van der Waals surface area contributed by atoms with Crippen LogP contribution in [0.1, 0.15) is 44.9 Å². The van der Waals surface area contributed by atoms with Gasteiger partial charge in [0.05, 0.1) is 6.67 Å². The van der Waals surface area contributed by atoms with Crippen LogP contribution in [0.4, 0.5) is 4.39 Å². The molecule has 0 unspecified atom stereocenters. The summed E-state index contributed by atoms with van der Waals surface area (Å²) in [4.78, 5) is 19.6. The number of likely N-dealkylation sites (tertiary alicyclic amines) is 1. The van der Waals surface area contributed by atoms with Gasteiger partial charge in [0, 0.05) is 44.7 Å². The maximum absolute atomic E-state index is 12.5. The first-order chi connectivity index (χ1) is 11.1. The molecule has 2 saturated heterocycles. The fraction of sp³-hybridized carbons (Fsp3) is 0.944. The molecule has 1 amide bonds. The molecule has 1 aliphatic carbocycles. The van der Waals surface area contributed by atoms with Crippen LogP contribution in [0.5, 0.6) is 0 Å². The second kappa shape index (κ2) is 7.47. The van der Waals surface area contributed by atoms with Gasteiger partial charge < -0.3 is 9.80 Å². The van der Waals surface area contributed by atoms with E-state index in [-0.39, 0.29) is 12.2 Å². The molecule has 0 aromatic heterocycles. The average Bonchev–Trinajstić information content (AvgIpc) is 3.37. The molecule has 3 rings (SSSR count). The Balaban J connectivity index is 1.60. The van der Waals surface area contributed by atoms with Gasteiger partial charge in [0.2, 0.25) is 5.91 Å². The number of rotatable bonds is 6. The highest BCUT2D eigenvalue weighted by Gasteiger charge is 2.42. The van der Waals surface area contributed by atoms with Gasteiger partial charge in [-0.3, -0.25) is 14.1 Å². The fourth-order valence-electron chi connectivity index (χ4n) is 4.20. The third-order valence-electron chi connectivity index (χ3n) is 6.12. The minimum Gasteiger partial charge on any atom is -0.342 e. The fourth-order valence-corrected chi connectivity index (χ4v) is 4.20. The number of piperazine rings is 1. The predicted molar refractivity (Wildman–Crippen MR) is 90.2 cm³/mol. The summed E-state index contributed by atoms with van der Waals surface area (Å²) < 4.78 is 12.3. The number of likely N-dealkylation sites (N-methyl/N-ethyl adjacent to an activating group) is 1. The van der Waals surface area contributed by atoms with E-state index in [0.717, 1.165) is 64.4 Å². The van der Waals surface area contributed by atoms with E-state index in [0.29, 0.717) is 18.7 Å². The molecule has 132 valence electrons. The van der Waals surface area contributed by atoms with Gasteiger partial charge >= 0.3 is 0 Å². The Hall–Kier alpha value is -0.680. The summed E-state index contributed by atoms with van der Waals surface area (Å²) in [5, 5.41) is 0. The van der Waals surface area contributed by atoms with Crippen LogP contribution in [-0.2, 0) is 4.79 Å². The second-order valence-corrected chi connectivity index (χ2v) is 7.85. The van der Waals surface area contributed by atoms with E-state index in [2.05, 4.69) is 21.7 Å². The van der Waals surface area contributed by atoms with Gasteiger partial charge in [0.1, 0.15) is 0 Å². The number of hydrogen-bond donors (Lipinski definition) is 0.